The Morgan fingerprint density at radius 1 is 1.05 bits per heavy atom. The molecule has 2 nitrogen and oxygen atoms in total. The minimum Gasteiger partial charge on any atom is -0.497 e. The molecule has 0 bridgehead atoms. The largest absolute Gasteiger partial charge is 0.497 e. The van der Waals surface area contributed by atoms with E-state index in [-0.39, 0.29) is 5.92 Å². The summed E-state index contributed by atoms with van der Waals surface area (Å²) in [4.78, 5) is 11.1. The Balaban J connectivity index is 2.43. The van der Waals surface area contributed by atoms with Crippen molar-refractivity contribution >= 4 is 6.29 Å². The molecule has 0 saturated carbocycles. The summed E-state index contributed by atoms with van der Waals surface area (Å²) in [5, 5.41) is 0. The summed E-state index contributed by atoms with van der Waals surface area (Å²) in [5.41, 5.74) is 2.64. The Labute approximate surface area is 113 Å². The summed E-state index contributed by atoms with van der Waals surface area (Å²) in [6.07, 6.45) is 0.821. The van der Waals surface area contributed by atoms with Crippen molar-refractivity contribution in [3.8, 4) is 5.75 Å². The highest BCUT2D eigenvalue weighted by atomic mass is 16.5. The third-order valence-electron chi connectivity index (χ3n) is 3.10. The molecule has 96 valence electrons. The Morgan fingerprint density at radius 2 is 1.63 bits per heavy atom. The highest BCUT2D eigenvalue weighted by Gasteiger charge is 2.17. The van der Waals surface area contributed by atoms with E-state index in [0.717, 1.165) is 23.2 Å². The lowest BCUT2D eigenvalue weighted by molar-refractivity contribution is -0.105. The molecule has 19 heavy (non-hydrogen) atoms. The van der Waals surface area contributed by atoms with Crippen LogP contribution in [0.2, 0.25) is 0 Å². The summed E-state index contributed by atoms with van der Waals surface area (Å²) < 4.78 is 5.15. The number of allylic oxidation sites excluding steroid dienone is 1. The molecule has 2 rings (SSSR count). The van der Waals surface area contributed by atoms with Crippen LogP contribution in [0.1, 0.15) is 17.0 Å². The summed E-state index contributed by atoms with van der Waals surface area (Å²) in [7, 11) is 1.63. The molecule has 0 fully saturated rings. The lowest BCUT2D eigenvalue weighted by Gasteiger charge is -2.17. The van der Waals surface area contributed by atoms with Gasteiger partial charge in [0.1, 0.15) is 12.0 Å². The van der Waals surface area contributed by atoms with E-state index < -0.39 is 0 Å². The van der Waals surface area contributed by atoms with Gasteiger partial charge in [-0.25, -0.2) is 0 Å². The highest BCUT2D eigenvalue weighted by Crippen LogP contribution is 2.30. The van der Waals surface area contributed by atoms with Crippen LogP contribution in [0.3, 0.4) is 0 Å². The molecule has 2 aromatic carbocycles. The molecule has 1 unspecified atom stereocenters. The van der Waals surface area contributed by atoms with Crippen molar-refractivity contribution in [2.75, 3.05) is 7.11 Å². The van der Waals surface area contributed by atoms with Gasteiger partial charge in [-0.2, -0.15) is 0 Å². The normalized spacial score (nSPS) is 11.6. The van der Waals surface area contributed by atoms with Crippen molar-refractivity contribution in [3.63, 3.8) is 0 Å². The number of benzene rings is 2. The van der Waals surface area contributed by atoms with Gasteiger partial charge in [-0.15, -0.1) is 0 Å². The second kappa shape index (κ2) is 6.01. The lowest BCUT2D eigenvalue weighted by atomic mass is 9.86. The molecular weight excluding hydrogens is 236 g/mol. The average molecular weight is 252 g/mol. The van der Waals surface area contributed by atoms with Crippen molar-refractivity contribution in [1.82, 2.24) is 0 Å². The summed E-state index contributed by atoms with van der Waals surface area (Å²) in [6, 6.07) is 17.6. The number of rotatable bonds is 5. The topological polar surface area (TPSA) is 26.3 Å². The van der Waals surface area contributed by atoms with E-state index in [2.05, 4.69) is 6.58 Å². The Morgan fingerprint density at radius 3 is 2.16 bits per heavy atom. The number of ether oxygens (including phenoxy) is 1. The van der Waals surface area contributed by atoms with E-state index in [9.17, 15) is 4.79 Å². The maximum absolute atomic E-state index is 11.1. The standard InChI is InChI=1S/C17H16O2/c1-13(12-18)17(14-6-4-3-5-7-14)15-8-10-16(19-2)11-9-15/h3-12,17H,1H2,2H3. The Bertz CT molecular complexity index is 556. The van der Waals surface area contributed by atoms with Gasteiger partial charge in [0.2, 0.25) is 0 Å². The fourth-order valence-electron chi connectivity index (χ4n) is 2.13. The maximum Gasteiger partial charge on any atom is 0.146 e. The van der Waals surface area contributed by atoms with Crippen LogP contribution in [0.4, 0.5) is 0 Å². The molecule has 0 saturated heterocycles. The highest BCUT2D eigenvalue weighted by molar-refractivity contribution is 5.76. The maximum atomic E-state index is 11.1. The van der Waals surface area contributed by atoms with Gasteiger partial charge in [-0.3, -0.25) is 4.79 Å². The van der Waals surface area contributed by atoms with E-state index in [1.807, 2.05) is 54.6 Å². The number of aldehydes is 1. The first kappa shape index (κ1) is 13.1. The van der Waals surface area contributed by atoms with Crippen LogP contribution < -0.4 is 4.74 Å². The molecule has 0 aromatic heterocycles. The van der Waals surface area contributed by atoms with Gasteiger partial charge in [0.05, 0.1) is 7.11 Å². The zero-order valence-electron chi connectivity index (χ0n) is 10.9. The number of hydrogen-bond acceptors (Lipinski definition) is 2. The minimum absolute atomic E-state index is 0.107. The number of carbonyl (C=O) groups excluding carboxylic acids is 1. The van der Waals surface area contributed by atoms with Crippen LogP contribution in [0.25, 0.3) is 0 Å². The molecule has 0 aliphatic carbocycles. The van der Waals surface area contributed by atoms with Gasteiger partial charge in [-0.1, -0.05) is 49.0 Å². The van der Waals surface area contributed by atoms with Gasteiger partial charge in [0, 0.05) is 5.92 Å². The third-order valence-corrected chi connectivity index (χ3v) is 3.10. The molecule has 2 aromatic rings. The first-order chi connectivity index (χ1) is 9.26. The number of hydrogen-bond donors (Lipinski definition) is 0. The predicted octanol–water partition coefficient (Wildman–Crippen LogP) is 3.58. The molecular formula is C17H16O2. The van der Waals surface area contributed by atoms with E-state index in [1.54, 1.807) is 7.11 Å². The van der Waals surface area contributed by atoms with Crippen LogP contribution in [0, 0.1) is 0 Å². The molecule has 0 aliphatic rings. The second-order valence-corrected chi connectivity index (χ2v) is 4.31. The smallest absolute Gasteiger partial charge is 0.146 e. The Kier molecular flexibility index (Phi) is 4.14. The van der Waals surface area contributed by atoms with Crippen molar-refractivity contribution in [1.29, 1.82) is 0 Å². The number of methoxy groups -OCH3 is 1. The first-order valence-electron chi connectivity index (χ1n) is 6.09. The zero-order valence-corrected chi connectivity index (χ0v) is 10.9. The predicted molar refractivity (Wildman–Crippen MR) is 76.5 cm³/mol. The third kappa shape index (κ3) is 2.91. The molecule has 0 heterocycles. The first-order valence-corrected chi connectivity index (χ1v) is 6.09. The van der Waals surface area contributed by atoms with Crippen LogP contribution in [0.15, 0.2) is 66.7 Å². The molecule has 0 radical (unpaired) electrons. The molecule has 0 amide bonds. The lowest BCUT2D eigenvalue weighted by Crippen LogP contribution is -2.05. The molecule has 0 N–H and O–H groups in total. The van der Waals surface area contributed by atoms with Crippen molar-refractivity contribution in [2.24, 2.45) is 0 Å². The summed E-state index contributed by atoms with van der Waals surface area (Å²) in [6.45, 7) is 3.87. The van der Waals surface area contributed by atoms with Gasteiger partial charge in [-0.05, 0) is 28.8 Å². The van der Waals surface area contributed by atoms with Gasteiger partial charge in [0.15, 0.2) is 0 Å². The van der Waals surface area contributed by atoms with Crippen LogP contribution >= 0.6 is 0 Å². The van der Waals surface area contributed by atoms with Crippen LogP contribution in [0.5, 0.6) is 5.75 Å². The minimum atomic E-state index is -0.107. The Hall–Kier alpha value is -2.35. The SMILES string of the molecule is C=C(C=O)C(c1ccccc1)c1ccc(OC)cc1. The van der Waals surface area contributed by atoms with Gasteiger partial charge in [0.25, 0.3) is 0 Å². The van der Waals surface area contributed by atoms with Gasteiger partial charge < -0.3 is 4.74 Å². The van der Waals surface area contributed by atoms with E-state index in [1.165, 1.54) is 0 Å². The van der Waals surface area contributed by atoms with Crippen LogP contribution in [-0.2, 0) is 4.79 Å². The molecule has 0 spiro atoms. The average Bonchev–Trinajstić information content (AvgIpc) is 2.49. The molecule has 2 heteroatoms. The fourth-order valence-corrected chi connectivity index (χ4v) is 2.13. The van der Waals surface area contributed by atoms with Crippen molar-refractivity contribution in [2.45, 2.75) is 5.92 Å². The monoisotopic (exact) mass is 252 g/mol. The van der Waals surface area contributed by atoms with Gasteiger partial charge >= 0.3 is 0 Å². The van der Waals surface area contributed by atoms with E-state index >= 15 is 0 Å². The fraction of sp³-hybridized carbons (Fsp3) is 0.118. The van der Waals surface area contributed by atoms with Crippen molar-refractivity contribution < 1.29 is 9.53 Å². The quantitative estimate of drug-likeness (QED) is 0.600. The van der Waals surface area contributed by atoms with E-state index in [0.29, 0.717) is 5.57 Å². The summed E-state index contributed by atoms with van der Waals surface area (Å²) in [5.74, 6) is 0.692. The molecule has 0 aliphatic heterocycles. The molecule has 1 atom stereocenters. The second-order valence-electron chi connectivity index (χ2n) is 4.31. The zero-order chi connectivity index (χ0) is 13.7. The van der Waals surface area contributed by atoms with Crippen LogP contribution in [-0.4, -0.2) is 13.4 Å². The number of carbonyl (C=O) groups is 1. The van der Waals surface area contributed by atoms with Crippen molar-refractivity contribution in [3.05, 3.63) is 77.9 Å². The van der Waals surface area contributed by atoms with E-state index in [4.69, 9.17) is 4.74 Å². The summed E-state index contributed by atoms with van der Waals surface area (Å²) >= 11 is 0.